The van der Waals surface area contributed by atoms with Gasteiger partial charge >= 0.3 is 0 Å². The third-order valence-electron chi connectivity index (χ3n) is 3.05. The molecule has 3 heteroatoms. The molecule has 1 saturated carbocycles. The van der Waals surface area contributed by atoms with E-state index in [0.717, 1.165) is 22.6 Å². The lowest BCUT2D eigenvalue weighted by molar-refractivity contribution is 0.414. The number of hydrogen-bond donors (Lipinski definition) is 0. The SMILES string of the molecule is COc1ccc(C(Br)C2CC2C)c(Cl)c1. The molecule has 0 saturated heterocycles. The summed E-state index contributed by atoms with van der Waals surface area (Å²) in [5, 5.41) is 0.787. The number of benzene rings is 1. The van der Waals surface area contributed by atoms with E-state index in [1.807, 2.05) is 18.2 Å². The first-order valence-corrected chi connectivity index (χ1v) is 6.40. The summed E-state index contributed by atoms with van der Waals surface area (Å²) >= 11 is 9.94. The van der Waals surface area contributed by atoms with Crippen molar-refractivity contribution >= 4 is 27.5 Å². The number of methoxy groups -OCH3 is 1. The van der Waals surface area contributed by atoms with E-state index in [2.05, 4.69) is 22.9 Å². The molecule has 82 valence electrons. The van der Waals surface area contributed by atoms with Crippen molar-refractivity contribution in [2.24, 2.45) is 11.8 Å². The molecule has 0 amide bonds. The van der Waals surface area contributed by atoms with E-state index in [4.69, 9.17) is 16.3 Å². The highest BCUT2D eigenvalue weighted by atomic mass is 79.9. The van der Waals surface area contributed by atoms with Gasteiger partial charge in [0.2, 0.25) is 0 Å². The average molecular weight is 290 g/mol. The molecule has 1 fully saturated rings. The van der Waals surface area contributed by atoms with Gasteiger partial charge in [0, 0.05) is 9.85 Å². The van der Waals surface area contributed by atoms with Gasteiger partial charge in [-0.1, -0.05) is 40.5 Å². The van der Waals surface area contributed by atoms with E-state index >= 15 is 0 Å². The Morgan fingerprint density at radius 3 is 2.67 bits per heavy atom. The molecule has 1 aromatic carbocycles. The molecule has 0 bridgehead atoms. The van der Waals surface area contributed by atoms with Crippen molar-refractivity contribution < 1.29 is 4.74 Å². The van der Waals surface area contributed by atoms with Crippen LogP contribution in [0.5, 0.6) is 5.75 Å². The summed E-state index contributed by atoms with van der Waals surface area (Å²) in [5.41, 5.74) is 1.17. The normalized spacial score (nSPS) is 26.1. The number of hydrogen-bond acceptors (Lipinski definition) is 1. The van der Waals surface area contributed by atoms with E-state index in [1.165, 1.54) is 12.0 Å². The highest BCUT2D eigenvalue weighted by Crippen LogP contribution is 2.52. The van der Waals surface area contributed by atoms with Gasteiger partial charge in [-0.05, 0) is 36.0 Å². The summed E-state index contributed by atoms with van der Waals surface area (Å²) in [7, 11) is 1.65. The van der Waals surface area contributed by atoms with Crippen molar-refractivity contribution in [2.45, 2.75) is 18.2 Å². The average Bonchev–Trinajstić information content (AvgIpc) is 2.94. The van der Waals surface area contributed by atoms with Crippen LogP contribution in [0.2, 0.25) is 5.02 Å². The van der Waals surface area contributed by atoms with Gasteiger partial charge in [-0.15, -0.1) is 0 Å². The van der Waals surface area contributed by atoms with E-state index < -0.39 is 0 Å². The lowest BCUT2D eigenvalue weighted by Crippen LogP contribution is -1.95. The zero-order chi connectivity index (χ0) is 11.0. The molecular formula is C12H14BrClO. The van der Waals surface area contributed by atoms with Crippen LogP contribution in [0.4, 0.5) is 0 Å². The Bertz CT molecular complexity index is 367. The third kappa shape index (κ3) is 2.31. The standard InChI is InChI=1S/C12H14BrClO/c1-7-5-10(7)12(13)9-4-3-8(15-2)6-11(9)14/h3-4,6-7,10,12H,5H2,1-2H3. The van der Waals surface area contributed by atoms with Crippen LogP contribution in [-0.2, 0) is 0 Å². The summed E-state index contributed by atoms with van der Waals surface area (Å²) < 4.78 is 5.13. The topological polar surface area (TPSA) is 9.23 Å². The lowest BCUT2D eigenvalue weighted by Gasteiger charge is -2.12. The van der Waals surface area contributed by atoms with Crippen molar-refractivity contribution in [2.75, 3.05) is 7.11 Å². The smallest absolute Gasteiger partial charge is 0.120 e. The number of alkyl halides is 1. The molecule has 1 nitrogen and oxygen atoms in total. The Hall–Kier alpha value is -0.210. The molecule has 3 atom stereocenters. The maximum atomic E-state index is 6.21. The van der Waals surface area contributed by atoms with Gasteiger partial charge < -0.3 is 4.74 Å². The largest absolute Gasteiger partial charge is 0.497 e. The molecule has 0 heterocycles. The van der Waals surface area contributed by atoms with Crippen molar-refractivity contribution in [3.05, 3.63) is 28.8 Å². The predicted molar refractivity (Wildman–Crippen MR) is 66.9 cm³/mol. The minimum absolute atomic E-state index is 0.380. The summed E-state index contributed by atoms with van der Waals surface area (Å²) in [6, 6.07) is 5.88. The molecule has 1 aromatic rings. The van der Waals surface area contributed by atoms with E-state index in [1.54, 1.807) is 7.11 Å². The van der Waals surface area contributed by atoms with Crippen LogP contribution in [0.25, 0.3) is 0 Å². The van der Waals surface area contributed by atoms with Gasteiger partial charge in [-0.2, -0.15) is 0 Å². The molecule has 0 N–H and O–H groups in total. The molecular weight excluding hydrogens is 275 g/mol. The van der Waals surface area contributed by atoms with Crippen molar-refractivity contribution in [3.8, 4) is 5.75 Å². The fraction of sp³-hybridized carbons (Fsp3) is 0.500. The van der Waals surface area contributed by atoms with Gasteiger partial charge in [-0.25, -0.2) is 0 Å². The van der Waals surface area contributed by atoms with Crippen molar-refractivity contribution in [3.63, 3.8) is 0 Å². The number of rotatable bonds is 3. The predicted octanol–water partition coefficient (Wildman–Crippen LogP) is 4.44. The number of halogens is 2. The second-order valence-corrected chi connectivity index (χ2v) is 5.56. The molecule has 3 unspecified atom stereocenters. The highest BCUT2D eigenvalue weighted by Gasteiger charge is 2.39. The van der Waals surface area contributed by atoms with Crippen LogP contribution in [-0.4, -0.2) is 7.11 Å². The quantitative estimate of drug-likeness (QED) is 0.748. The van der Waals surface area contributed by atoms with Gasteiger partial charge in [-0.3, -0.25) is 0 Å². The van der Waals surface area contributed by atoms with Crippen LogP contribution in [0.1, 0.15) is 23.7 Å². The molecule has 15 heavy (non-hydrogen) atoms. The van der Waals surface area contributed by atoms with Crippen LogP contribution >= 0.6 is 27.5 Å². The third-order valence-corrected chi connectivity index (χ3v) is 4.55. The van der Waals surface area contributed by atoms with Gasteiger partial charge in [0.1, 0.15) is 5.75 Å². The minimum atomic E-state index is 0.380. The van der Waals surface area contributed by atoms with Gasteiger partial charge in [0.15, 0.2) is 0 Å². The van der Waals surface area contributed by atoms with Gasteiger partial charge in [0.05, 0.1) is 7.11 Å². The van der Waals surface area contributed by atoms with E-state index in [9.17, 15) is 0 Å². The molecule has 1 aliphatic carbocycles. The van der Waals surface area contributed by atoms with Crippen LogP contribution < -0.4 is 4.74 Å². The fourth-order valence-corrected chi connectivity index (χ4v) is 3.40. The summed E-state index contributed by atoms with van der Waals surface area (Å²) in [6.45, 7) is 2.27. The minimum Gasteiger partial charge on any atom is -0.497 e. The highest BCUT2D eigenvalue weighted by molar-refractivity contribution is 9.09. The monoisotopic (exact) mass is 288 g/mol. The molecule has 0 radical (unpaired) electrons. The second-order valence-electron chi connectivity index (χ2n) is 4.17. The van der Waals surface area contributed by atoms with E-state index in [0.29, 0.717) is 4.83 Å². The van der Waals surface area contributed by atoms with E-state index in [-0.39, 0.29) is 0 Å². The summed E-state index contributed by atoms with van der Waals surface area (Å²) in [6.07, 6.45) is 1.29. The zero-order valence-corrected chi connectivity index (χ0v) is 11.2. The molecule has 0 aromatic heterocycles. The first-order valence-electron chi connectivity index (χ1n) is 5.11. The Morgan fingerprint density at radius 1 is 1.53 bits per heavy atom. The first-order chi connectivity index (χ1) is 7.13. The van der Waals surface area contributed by atoms with Crippen LogP contribution in [0, 0.1) is 11.8 Å². The number of ether oxygens (including phenoxy) is 1. The molecule has 2 rings (SSSR count). The Morgan fingerprint density at radius 2 is 2.20 bits per heavy atom. The molecule has 1 aliphatic rings. The maximum Gasteiger partial charge on any atom is 0.120 e. The first kappa shape index (κ1) is 11.3. The Labute approximate surface area is 104 Å². The Balaban J connectivity index is 2.21. The molecule has 0 aliphatic heterocycles. The second kappa shape index (κ2) is 4.34. The fourth-order valence-electron chi connectivity index (χ4n) is 1.85. The van der Waals surface area contributed by atoms with Crippen molar-refractivity contribution in [1.29, 1.82) is 0 Å². The van der Waals surface area contributed by atoms with Gasteiger partial charge in [0.25, 0.3) is 0 Å². The van der Waals surface area contributed by atoms with Crippen LogP contribution in [0.15, 0.2) is 18.2 Å². The maximum absolute atomic E-state index is 6.21. The van der Waals surface area contributed by atoms with Crippen LogP contribution in [0.3, 0.4) is 0 Å². The Kier molecular flexibility index (Phi) is 3.27. The zero-order valence-electron chi connectivity index (χ0n) is 8.84. The van der Waals surface area contributed by atoms with Crippen molar-refractivity contribution in [1.82, 2.24) is 0 Å². The summed E-state index contributed by atoms with van der Waals surface area (Å²) in [5.74, 6) is 2.36. The lowest BCUT2D eigenvalue weighted by atomic mass is 10.1. The summed E-state index contributed by atoms with van der Waals surface area (Å²) in [4.78, 5) is 0.380. The molecule has 0 spiro atoms.